The molecule has 8 nitrogen and oxygen atoms in total. The third kappa shape index (κ3) is 6.61. The summed E-state index contributed by atoms with van der Waals surface area (Å²) in [5.41, 5.74) is 1.86. The molecule has 2 aliphatic rings. The van der Waals surface area contributed by atoms with Gasteiger partial charge in [-0.25, -0.2) is 18.9 Å². The number of hydrogen-bond donors (Lipinski definition) is 2. The number of anilines is 2. The Morgan fingerprint density at radius 2 is 1.94 bits per heavy atom. The number of ether oxygens (including phenoxy) is 1. The van der Waals surface area contributed by atoms with Gasteiger partial charge in [0.25, 0.3) is 5.91 Å². The minimum absolute atomic E-state index is 0.270. The smallest absolute Gasteiger partial charge is 0.274 e. The van der Waals surface area contributed by atoms with Gasteiger partial charge in [0.05, 0.1) is 11.5 Å². The number of methoxy groups -OCH3 is 1. The van der Waals surface area contributed by atoms with Crippen LogP contribution in [0.15, 0.2) is 35.5 Å². The van der Waals surface area contributed by atoms with Crippen LogP contribution in [0.3, 0.4) is 0 Å². The summed E-state index contributed by atoms with van der Waals surface area (Å²) in [4.78, 5) is 24.9. The molecule has 2 aromatic rings. The predicted octanol–water partition coefficient (Wildman–Crippen LogP) is 3.85. The zero-order chi connectivity index (χ0) is 23.9. The zero-order valence-electron chi connectivity index (χ0n) is 20.1. The summed E-state index contributed by atoms with van der Waals surface area (Å²) in [5, 5.41) is 2.96. The summed E-state index contributed by atoms with van der Waals surface area (Å²) >= 11 is 0. The first kappa shape index (κ1) is 24.8. The number of aromatic nitrogens is 2. The normalized spacial score (nSPS) is 17.4. The van der Waals surface area contributed by atoms with Gasteiger partial charge in [-0.3, -0.25) is 4.79 Å². The van der Waals surface area contributed by atoms with Crippen LogP contribution in [0.5, 0.6) is 0 Å². The lowest BCUT2D eigenvalue weighted by Crippen LogP contribution is -2.39. The molecule has 1 heterocycles. The molecule has 0 radical (unpaired) electrons. The molecule has 4 rings (SSSR count). The average molecular weight is 486 g/mol. The maximum Gasteiger partial charge on any atom is 0.274 e. The van der Waals surface area contributed by atoms with Gasteiger partial charge in [0.1, 0.15) is 28.8 Å². The molecule has 0 spiro atoms. The van der Waals surface area contributed by atoms with Gasteiger partial charge in [-0.1, -0.05) is 19.3 Å². The van der Waals surface area contributed by atoms with E-state index in [1.54, 1.807) is 19.2 Å². The van der Waals surface area contributed by atoms with Crippen LogP contribution in [0.25, 0.3) is 0 Å². The van der Waals surface area contributed by atoms with Crippen LogP contribution >= 0.6 is 0 Å². The van der Waals surface area contributed by atoms with Crippen LogP contribution in [0, 0.1) is 12.8 Å². The van der Waals surface area contributed by atoms with Crippen LogP contribution in [-0.2, 0) is 15.7 Å². The van der Waals surface area contributed by atoms with E-state index in [4.69, 9.17) is 4.74 Å². The molecule has 2 aliphatic carbocycles. The molecule has 2 saturated carbocycles. The third-order valence-corrected chi connectivity index (χ3v) is 7.69. The molecule has 1 aromatic carbocycles. The summed E-state index contributed by atoms with van der Waals surface area (Å²) in [7, 11) is 0.273. The monoisotopic (exact) mass is 485 g/mol. The molecule has 1 unspecified atom stereocenters. The van der Waals surface area contributed by atoms with E-state index >= 15 is 0 Å². The standard InChI is InChI=1S/C25H35N5O3S/c1-18-14-21(34(32)28-12-13-33-2)10-11-22(18)29-25(31)23-15-24(27-17-26-23)30(16-19-8-9-19)20-6-4-3-5-7-20/h10-11,14-15,17,19-20,28H,3-9,12-13,16H2,1-2H3,(H,29,31). The fourth-order valence-electron chi connectivity index (χ4n) is 4.43. The van der Waals surface area contributed by atoms with Crippen molar-refractivity contribution in [3.63, 3.8) is 0 Å². The van der Waals surface area contributed by atoms with Gasteiger partial charge in [-0.05, 0) is 62.3 Å². The van der Waals surface area contributed by atoms with Gasteiger partial charge in [-0.15, -0.1) is 0 Å². The fraction of sp³-hybridized carbons (Fsp3) is 0.560. The Labute approximate surface area is 204 Å². The van der Waals surface area contributed by atoms with Crippen LogP contribution in [0.4, 0.5) is 11.5 Å². The lowest BCUT2D eigenvalue weighted by atomic mass is 9.94. The molecular formula is C25H35N5O3S. The maximum atomic E-state index is 13.0. The molecule has 0 bridgehead atoms. The van der Waals surface area contributed by atoms with Crippen LogP contribution in [-0.4, -0.2) is 52.9 Å². The van der Waals surface area contributed by atoms with E-state index in [9.17, 15) is 9.00 Å². The third-order valence-electron chi connectivity index (χ3n) is 6.55. The molecule has 0 saturated heterocycles. The number of carbonyl (C=O) groups excluding carboxylic acids is 1. The highest BCUT2D eigenvalue weighted by Gasteiger charge is 2.30. The summed E-state index contributed by atoms with van der Waals surface area (Å²) in [6, 6.07) is 7.67. The minimum Gasteiger partial charge on any atom is -0.383 e. The van der Waals surface area contributed by atoms with Crippen LogP contribution in [0.2, 0.25) is 0 Å². The lowest BCUT2D eigenvalue weighted by Gasteiger charge is -2.35. The molecule has 1 aromatic heterocycles. The summed E-state index contributed by atoms with van der Waals surface area (Å²) in [6.45, 7) is 3.88. The van der Waals surface area contributed by atoms with Crippen molar-refractivity contribution in [1.82, 2.24) is 14.7 Å². The van der Waals surface area contributed by atoms with Gasteiger partial charge >= 0.3 is 0 Å². The Morgan fingerprint density at radius 1 is 1.15 bits per heavy atom. The van der Waals surface area contributed by atoms with E-state index in [0.29, 0.717) is 35.5 Å². The van der Waals surface area contributed by atoms with Crippen molar-refractivity contribution < 1.29 is 13.7 Å². The van der Waals surface area contributed by atoms with Gasteiger partial charge in [-0.2, -0.15) is 0 Å². The van der Waals surface area contributed by atoms with Crippen molar-refractivity contribution >= 4 is 28.4 Å². The number of rotatable bonds is 11. The molecule has 184 valence electrons. The number of nitrogens with zero attached hydrogens (tertiary/aromatic N) is 3. The highest BCUT2D eigenvalue weighted by Crippen LogP contribution is 2.34. The number of benzene rings is 1. The van der Waals surface area contributed by atoms with E-state index in [0.717, 1.165) is 23.8 Å². The van der Waals surface area contributed by atoms with E-state index in [1.807, 2.05) is 19.1 Å². The van der Waals surface area contributed by atoms with Crippen molar-refractivity contribution in [1.29, 1.82) is 0 Å². The summed E-state index contributed by atoms with van der Waals surface area (Å²) < 4.78 is 20.3. The Morgan fingerprint density at radius 3 is 2.65 bits per heavy atom. The van der Waals surface area contributed by atoms with Crippen molar-refractivity contribution in [2.45, 2.75) is 62.8 Å². The summed E-state index contributed by atoms with van der Waals surface area (Å²) in [6.07, 6.45) is 10.3. The largest absolute Gasteiger partial charge is 0.383 e. The number of amides is 1. The van der Waals surface area contributed by atoms with Gasteiger partial charge in [0, 0.05) is 38.0 Å². The number of nitrogens with one attached hydrogen (secondary N) is 2. The number of aryl methyl sites for hydroxylation is 1. The fourth-order valence-corrected chi connectivity index (χ4v) is 5.34. The molecular weight excluding hydrogens is 450 g/mol. The predicted molar refractivity (Wildman–Crippen MR) is 134 cm³/mol. The highest BCUT2D eigenvalue weighted by atomic mass is 32.2. The molecule has 1 atom stereocenters. The van der Waals surface area contributed by atoms with Crippen molar-refractivity contribution in [2.75, 3.05) is 37.0 Å². The number of carbonyl (C=O) groups is 1. The molecule has 9 heteroatoms. The van der Waals surface area contributed by atoms with Gasteiger partial charge < -0.3 is 15.0 Å². The average Bonchev–Trinajstić information content (AvgIpc) is 3.69. The first-order valence-electron chi connectivity index (χ1n) is 12.2. The second kappa shape index (κ2) is 11.9. The van der Waals surface area contributed by atoms with E-state index in [1.165, 1.54) is 51.3 Å². The van der Waals surface area contributed by atoms with Gasteiger partial charge in [0.2, 0.25) is 0 Å². The van der Waals surface area contributed by atoms with E-state index in [-0.39, 0.29) is 5.91 Å². The molecule has 2 N–H and O–H groups in total. The second-order valence-corrected chi connectivity index (χ2v) is 10.5. The SMILES string of the molecule is COCCNS(=O)c1ccc(NC(=O)c2cc(N(CC3CC3)C3CCCCC3)ncn2)c(C)c1. The first-order valence-corrected chi connectivity index (χ1v) is 13.3. The van der Waals surface area contributed by atoms with E-state index < -0.39 is 11.0 Å². The quantitative estimate of drug-likeness (QED) is 0.470. The Kier molecular flexibility index (Phi) is 8.64. The topological polar surface area (TPSA) is 96.5 Å². The highest BCUT2D eigenvalue weighted by molar-refractivity contribution is 7.83. The Balaban J connectivity index is 1.45. The zero-order valence-corrected chi connectivity index (χ0v) is 20.9. The number of hydrogen-bond acceptors (Lipinski definition) is 6. The Hall–Kier alpha value is -2.36. The summed E-state index contributed by atoms with van der Waals surface area (Å²) in [5.74, 6) is 1.32. The lowest BCUT2D eigenvalue weighted by molar-refractivity contribution is 0.102. The molecule has 2 fully saturated rings. The van der Waals surface area contributed by atoms with E-state index in [2.05, 4.69) is 24.9 Å². The van der Waals surface area contributed by atoms with Crippen molar-refractivity contribution in [3.05, 3.63) is 41.9 Å². The first-order chi connectivity index (χ1) is 16.5. The van der Waals surface area contributed by atoms with Crippen molar-refractivity contribution in [3.8, 4) is 0 Å². The molecule has 1 amide bonds. The minimum atomic E-state index is -1.33. The Bertz CT molecular complexity index is 1010. The second-order valence-electron chi connectivity index (χ2n) is 9.24. The van der Waals surface area contributed by atoms with Crippen LogP contribution in [0.1, 0.15) is 61.0 Å². The van der Waals surface area contributed by atoms with Crippen LogP contribution < -0.4 is 14.9 Å². The van der Waals surface area contributed by atoms with Gasteiger partial charge in [0.15, 0.2) is 0 Å². The molecule has 34 heavy (non-hydrogen) atoms. The maximum absolute atomic E-state index is 13.0. The molecule has 0 aliphatic heterocycles. The van der Waals surface area contributed by atoms with Crippen molar-refractivity contribution in [2.24, 2.45) is 5.92 Å².